The number of nitrogens with one attached hydrogen (secondary N) is 1. The van der Waals surface area contributed by atoms with Crippen molar-refractivity contribution in [2.45, 2.75) is 13.8 Å². The fourth-order valence-corrected chi connectivity index (χ4v) is 3.04. The molecule has 1 amide bonds. The molecule has 0 aliphatic rings. The lowest BCUT2D eigenvalue weighted by molar-refractivity contribution is -0.113. The number of carbonyl (C=O) groups is 1. The molecular weight excluding hydrogens is 266 g/mol. The maximum Gasteiger partial charge on any atom is 0.241 e. The first-order chi connectivity index (χ1) is 8.90. The van der Waals surface area contributed by atoms with Gasteiger partial charge < -0.3 is 11.1 Å². The van der Waals surface area contributed by atoms with Crippen molar-refractivity contribution in [3.63, 3.8) is 0 Å². The third-order valence-electron chi connectivity index (χ3n) is 2.65. The number of nitrogens with zero attached hydrogens (tertiary/aromatic N) is 1. The summed E-state index contributed by atoms with van der Waals surface area (Å²) in [5.41, 5.74) is 6.49. The zero-order chi connectivity index (χ0) is 14.5. The average Bonchev–Trinajstić information content (AvgIpc) is 2.32. The highest BCUT2D eigenvalue weighted by Gasteiger charge is 2.22. The summed E-state index contributed by atoms with van der Waals surface area (Å²) in [4.78, 5) is 11.7. The van der Waals surface area contributed by atoms with Crippen molar-refractivity contribution in [1.29, 1.82) is 0 Å². The molecule has 0 unspecified atom stereocenters. The quantitative estimate of drug-likeness (QED) is 0.759. The molecule has 0 fully saturated rings. The molecule has 1 aromatic rings. The van der Waals surface area contributed by atoms with E-state index in [4.69, 9.17) is 5.73 Å². The van der Waals surface area contributed by atoms with E-state index in [2.05, 4.69) is 5.32 Å². The first-order valence-electron chi connectivity index (χ1n) is 6.02. The Hall–Kier alpha value is -1.60. The lowest BCUT2D eigenvalue weighted by Gasteiger charge is -2.18. The van der Waals surface area contributed by atoms with Crippen molar-refractivity contribution >= 4 is 27.3 Å². The summed E-state index contributed by atoms with van der Waals surface area (Å²) in [5.74, 6) is -1.17. The van der Waals surface area contributed by atoms with Crippen LogP contribution < -0.4 is 11.1 Å². The SMILES string of the molecule is CCN(CC)S(=O)(=O)CC(=O)Nc1ccccc1N. The van der Waals surface area contributed by atoms with E-state index in [1.807, 2.05) is 0 Å². The molecule has 1 aromatic carbocycles. The minimum absolute atomic E-state index is 0.347. The molecular formula is C12H19N3O3S. The van der Waals surface area contributed by atoms with Crippen LogP contribution in [0.15, 0.2) is 24.3 Å². The standard InChI is InChI=1S/C12H19N3O3S/c1-3-15(4-2)19(17,18)9-12(16)14-11-8-6-5-7-10(11)13/h5-8H,3-4,9,13H2,1-2H3,(H,14,16). The Morgan fingerprint density at radius 3 is 2.37 bits per heavy atom. The van der Waals surface area contributed by atoms with Crippen molar-refractivity contribution in [2.75, 3.05) is 29.9 Å². The fourth-order valence-electron chi connectivity index (χ4n) is 1.67. The molecule has 0 atom stereocenters. The van der Waals surface area contributed by atoms with Crippen LogP contribution in [0.1, 0.15) is 13.8 Å². The number of para-hydroxylation sites is 2. The Bertz CT molecular complexity index is 539. The van der Waals surface area contributed by atoms with Crippen LogP contribution in [0.3, 0.4) is 0 Å². The molecule has 6 nitrogen and oxygen atoms in total. The van der Waals surface area contributed by atoms with Crippen LogP contribution in [0.5, 0.6) is 0 Å². The number of hydrogen-bond donors (Lipinski definition) is 2. The normalized spacial score (nSPS) is 11.5. The Balaban J connectivity index is 2.74. The molecule has 0 saturated heterocycles. The van der Waals surface area contributed by atoms with Crippen LogP contribution in [0, 0.1) is 0 Å². The largest absolute Gasteiger partial charge is 0.397 e. The minimum atomic E-state index is -3.57. The van der Waals surface area contributed by atoms with Gasteiger partial charge in [0.15, 0.2) is 0 Å². The van der Waals surface area contributed by atoms with Gasteiger partial charge in [-0.2, -0.15) is 0 Å². The van der Waals surface area contributed by atoms with Crippen molar-refractivity contribution < 1.29 is 13.2 Å². The predicted molar refractivity (Wildman–Crippen MR) is 76.2 cm³/mol. The van der Waals surface area contributed by atoms with E-state index < -0.39 is 21.7 Å². The topological polar surface area (TPSA) is 92.5 Å². The summed E-state index contributed by atoms with van der Waals surface area (Å²) in [7, 11) is -3.57. The van der Waals surface area contributed by atoms with Crippen molar-refractivity contribution in [3.05, 3.63) is 24.3 Å². The smallest absolute Gasteiger partial charge is 0.241 e. The van der Waals surface area contributed by atoms with E-state index in [1.54, 1.807) is 38.1 Å². The summed E-state index contributed by atoms with van der Waals surface area (Å²) in [6, 6.07) is 6.70. The fraction of sp³-hybridized carbons (Fsp3) is 0.417. The van der Waals surface area contributed by atoms with Gasteiger partial charge in [-0.05, 0) is 12.1 Å². The maximum atomic E-state index is 11.9. The molecule has 0 aromatic heterocycles. The van der Waals surface area contributed by atoms with Gasteiger partial charge in [-0.1, -0.05) is 26.0 Å². The zero-order valence-electron chi connectivity index (χ0n) is 11.1. The lowest BCUT2D eigenvalue weighted by atomic mass is 10.3. The molecule has 0 saturated carbocycles. The number of benzene rings is 1. The number of anilines is 2. The predicted octanol–water partition coefficient (Wildman–Crippen LogP) is 0.879. The summed E-state index contributed by atoms with van der Waals surface area (Å²) >= 11 is 0. The summed E-state index contributed by atoms with van der Waals surface area (Å²) in [5, 5.41) is 2.50. The van der Waals surface area contributed by atoms with Gasteiger partial charge in [0, 0.05) is 13.1 Å². The second kappa shape index (κ2) is 6.53. The number of nitrogens with two attached hydrogens (primary N) is 1. The van der Waals surface area contributed by atoms with Crippen LogP contribution in [0.4, 0.5) is 11.4 Å². The molecule has 0 spiro atoms. The van der Waals surface area contributed by atoms with Crippen LogP contribution in [-0.4, -0.2) is 37.5 Å². The third-order valence-corrected chi connectivity index (χ3v) is 4.58. The zero-order valence-corrected chi connectivity index (χ0v) is 11.9. The number of rotatable bonds is 6. The molecule has 7 heteroatoms. The number of sulfonamides is 1. The average molecular weight is 285 g/mol. The van der Waals surface area contributed by atoms with E-state index in [1.165, 1.54) is 4.31 Å². The van der Waals surface area contributed by atoms with Crippen molar-refractivity contribution in [1.82, 2.24) is 4.31 Å². The molecule has 1 rings (SSSR count). The van der Waals surface area contributed by atoms with E-state index in [-0.39, 0.29) is 0 Å². The van der Waals surface area contributed by atoms with Gasteiger partial charge in [0.25, 0.3) is 0 Å². The summed E-state index contributed by atoms with van der Waals surface area (Å²) in [6.45, 7) is 4.15. The van der Waals surface area contributed by atoms with Gasteiger partial charge in [-0.15, -0.1) is 0 Å². The lowest BCUT2D eigenvalue weighted by Crippen LogP contribution is -2.37. The van der Waals surface area contributed by atoms with Gasteiger partial charge >= 0.3 is 0 Å². The van der Waals surface area contributed by atoms with Gasteiger partial charge in [0.05, 0.1) is 11.4 Å². The number of hydrogen-bond acceptors (Lipinski definition) is 4. The third kappa shape index (κ3) is 4.22. The van der Waals surface area contributed by atoms with E-state index in [9.17, 15) is 13.2 Å². The Morgan fingerprint density at radius 1 is 1.26 bits per heavy atom. The molecule has 0 aliphatic carbocycles. The molecule has 0 aliphatic heterocycles. The van der Waals surface area contributed by atoms with Gasteiger partial charge in [0.1, 0.15) is 5.75 Å². The molecule has 0 bridgehead atoms. The highest BCUT2D eigenvalue weighted by molar-refractivity contribution is 7.89. The molecule has 3 N–H and O–H groups in total. The van der Waals surface area contributed by atoms with Crippen LogP contribution >= 0.6 is 0 Å². The highest BCUT2D eigenvalue weighted by Crippen LogP contribution is 2.16. The molecule has 0 heterocycles. The van der Waals surface area contributed by atoms with Gasteiger partial charge in [-0.25, -0.2) is 12.7 Å². The number of carbonyl (C=O) groups excluding carboxylic acids is 1. The monoisotopic (exact) mass is 285 g/mol. The van der Waals surface area contributed by atoms with Crippen LogP contribution in [0.2, 0.25) is 0 Å². The minimum Gasteiger partial charge on any atom is -0.397 e. The van der Waals surface area contributed by atoms with Gasteiger partial charge in [-0.3, -0.25) is 4.79 Å². The first-order valence-corrected chi connectivity index (χ1v) is 7.63. The van der Waals surface area contributed by atoms with Crippen molar-refractivity contribution in [3.8, 4) is 0 Å². The highest BCUT2D eigenvalue weighted by atomic mass is 32.2. The van der Waals surface area contributed by atoms with E-state index in [0.717, 1.165) is 0 Å². The van der Waals surface area contributed by atoms with E-state index >= 15 is 0 Å². The molecule has 0 radical (unpaired) electrons. The first kappa shape index (κ1) is 15.5. The van der Waals surface area contributed by atoms with E-state index in [0.29, 0.717) is 24.5 Å². The Morgan fingerprint density at radius 2 is 1.84 bits per heavy atom. The molecule has 19 heavy (non-hydrogen) atoms. The van der Waals surface area contributed by atoms with Crippen molar-refractivity contribution in [2.24, 2.45) is 0 Å². The second-order valence-electron chi connectivity index (χ2n) is 3.98. The number of nitrogen functional groups attached to an aromatic ring is 1. The van der Waals surface area contributed by atoms with Crippen LogP contribution in [0.25, 0.3) is 0 Å². The van der Waals surface area contributed by atoms with Gasteiger partial charge in [0.2, 0.25) is 15.9 Å². The number of amides is 1. The maximum absolute atomic E-state index is 11.9. The summed E-state index contributed by atoms with van der Waals surface area (Å²) < 4.78 is 25.1. The Labute approximate surface area is 113 Å². The Kier molecular flexibility index (Phi) is 5.31. The molecule has 106 valence electrons. The summed E-state index contributed by atoms with van der Waals surface area (Å²) in [6.07, 6.45) is 0. The van der Waals surface area contributed by atoms with Crippen LogP contribution in [-0.2, 0) is 14.8 Å². The second-order valence-corrected chi connectivity index (χ2v) is 5.94.